The van der Waals surface area contributed by atoms with Crippen LogP contribution < -0.4 is 10.1 Å². The Bertz CT molecular complexity index is 700. The predicted octanol–water partition coefficient (Wildman–Crippen LogP) is 2.05. The van der Waals surface area contributed by atoms with Crippen LogP contribution in [-0.2, 0) is 11.3 Å². The van der Waals surface area contributed by atoms with Crippen molar-refractivity contribution >= 4 is 23.2 Å². The molecule has 0 aliphatic rings. The summed E-state index contributed by atoms with van der Waals surface area (Å²) in [6.07, 6.45) is 0. The third-order valence-electron chi connectivity index (χ3n) is 2.84. The summed E-state index contributed by atoms with van der Waals surface area (Å²) in [6, 6.07) is 6.35. The lowest BCUT2D eigenvalue weighted by Gasteiger charge is -2.06. The van der Waals surface area contributed by atoms with Crippen molar-refractivity contribution in [2.45, 2.75) is 26.3 Å². The highest BCUT2D eigenvalue weighted by atomic mass is 32.1. The Kier molecular flexibility index (Phi) is 5.64. The van der Waals surface area contributed by atoms with E-state index in [0.717, 1.165) is 10.0 Å². The Hall–Kier alpha value is -2.48. The molecule has 8 heteroatoms. The van der Waals surface area contributed by atoms with Gasteiger partial charge in [0.2, 0.25) is 0 Å². The molecule has 2 N–H and O–H groups in total. The molecule has 2 rings (SSSR count). The molecule has 0 saturated carbocycles. The maximum atomic E-state index is 12.1. The van der Waals surface area contributed by atoms with Crippen molar-refractivity contribution in [1.82, 2.24) is 15.5 Å². The molecular weight excluding hydrogens is 318 g/mol. The highest BCUT2D eigenvalue weighted by Crippen LogP contribution is 2.19. The van der Waals surface area contributed by atoms with Crippen LogP contribution in [0.25, 0.3) is 0 Å². The lowest BCUT2D eigenvalue weighted by Crippen LogP contribution is -2.22. The van der Waals surface area contributed by atoms with Gasteiger partial charge < -0.3 is 15.2 Å². The first kappa shape index (κ1) is 16.9. The normalized spacial score (nSPS) is 10.6. The predicted molar refractivity (Wildman–Crippen MR) is 84.7 cm³/mol. The highest BCUT2D eigenvalue weighted by molar-refractivity contribution is 7.11. The fourth-order valence-electron chi connectivity index (χ4n) is 1.70. The van der Waals surface area contributed by atoms with Gasteiger partial charge in [0.05, 0.1) is 6.54 Å². The maximum Gasteiger partial charge on any atom is 0.341 e. The molecule has 1 aromatic carbocycles. The topological polar surface area (TPSA) is 101 Å². The minimum atomic E-state index is -1.07. The Morgan fingerprint density at radius 3 is 2.78 bits per heavy atom. The number of aliphatic carboxylic acids is 1. The van der Waals surface area contributed by atoms with Crippen LogP contribution in [-0.4, -0.2) is 33.8 Å². The molecule has 2 aromatic rings. The van der Waals surface area contributed by atoms with E-state index in [1.54, 1.807) is 18.2 Å². The van der Waals surface area contributed by atoms with Crippen LogP contribution in [0.1, 0.15) is 40.1 Å². The number of amides is 1. The van der Waals surface area contributed by atoms with Crippen molar-refractivity contribution < 1.29 is 19.4 Å². The molecule has 0 unspecified atom stereocenters. The third-order valence-corrected chi connectivity index (χ3v) is 4.06. The molecule has 0 atom stereocenters. The van der Waals surface area contributed by atoms with Gasteiger partial charge in [-0.3, -0.25) is 4.79 Å². The van der Waals surface area contributed by atoms with E-state index in [2.05, 4.69) is 15.5 Å². The fraction of sp³-hybridized carbons (Fsp3) is 0.333. The number of aromatic nitrogens is 2. The van der Waals surface area contributed by atoms with Gasteiger partial charge in [0.1, 0.15) is 15.8 Å². The molecule has 122 valence electrons. The summed E-state index contributed by atoms with van der Waals surface area (Å²) >= 11 is 1.47. The number of carbonyl (C=O) groups is 2. The second-order valence-corrected chi connectivity index (χ2v) is 6.18. The lowest BCUT2D eigenvalue weighted by atomic mass is 10.2. The number of ether oxygens (including phenoxy) is 1. The van der Waals surface area contributed by atoms with Crippen molar-refractivity contribution in [2.75, 3.05) is 6.61 Å². The minimum Gasteiger partial charge on any atom is -0.482 e. The monoisotopic (exact) mass is 335 g/mol. The zero-order chi connectivity index (χ0) is 16.8. The zero-order valence-corrected chi connectivity index (χ0v) is 13.6. The summed E-state index contributed by atoms with van der Waals surface area (Å²) in [5.41, 5.74) is 0.390. The maximum absolute atomic E-state index is 12.1. The average Bonchev–Trinajstić information content (AvgIpc) is 3.00. The van der Waals surface area contributed by atoms with Crippen LogP contribution in [0, 0.1) is 0 Å². The van der Waals surface area contributed by atoms with Gasteiger partial charge in [0, 0.05) is 11.5 Å². The number of carbonyl (C=O) groups excluding carboxylic acids is 1. The number of nitrogens with zero attached hydrogens (tertiary/aromatic N) is 2. The first-order valence-corrected chi connectivity index (χ1v) is 7.82. The average molecular weight is 335 g/mol. The van der Waals surface area contributed by atoms with Gasteiger partial charge >= 0.3 is 5.97 Å². The zero-order valence-electron chi connectivity index (χ0n) is 12.8. The van der Waals surface area contributed by atoms with E-state index < -0.39 is 12.6 Å². The Labute approximate surface area is 137 Å². The fourth-order valence-corrected chi connectivity index (χ4v) is 2.49. The van der Waals surface area contributed by atoms with E-state index in [-0.39, 0.29) is 5.91 Å². The largest absolute Gasteiger partial charge is 0.482 e. The standard InChI is InChI=1S/C15H17N3O4S/c1-9(2)15-18-17-12(23-15)7-16-14(21)10-4-3-5-11(6-10)22-8-13(19)20/h3-6,9H,7-8H2,1-2H3,(H,16,21)(H,19,20). The summed E-state index contributed by atoms with van der Waals surface area (Å²) < 4.78 is 5.05. The number of nitrogens with one attached hydrogen (secondary N) is 1. The number of carboxylic acids is 1. The molecule has 0 saturated heterocycles. The molecule has 1 heterocycles. The molecule has 7 nitrogen and oxygen atoms in total. The number of carboxylic acid groups (broad SMARTS) is 1. The van der Waals surface area contributed by atoms with Crippen LogP contribution in [0.2, 0.25) is 0 Å². The van der Waals surface area contributed by atoms with Gasteiger partial charge in [-0.25, -0.2) is 4.79 Å². The summed E-state index contributed by atoms with van der Waals surface area (Å²) in [5, 5.41) is 21.1. The van der Waals surface area contributed by atoms with E-state index in [0.29, 0.717) is 23.8 Å². The summed E-state index contributed by atoms with van der Waals surface area (Å²) in [4.78, 5) is 22.6. The van der Waals surface area contributed by atoms with Crippen molar-refractivity contribution in [3.05, 3.63) is 39.8 Å². The van der Waals surface area contributed by atoms with Crippen LogP contribution in [0.5, 0.6) is 5.75 Å². The van der Waals surface area contributed by atoms with Crippen LogP contribution >= 0.6 is 11.3 Å². The molecule has 0 bridgehead atoms. The number of benzene rings is 1. The van der Waals surface area contributed by atoms with Crippen LogP contribution in [0.15, 0.2) is 24.3 Å². The summed E-state index contributed by atoms with van der Waals surface area (Å²) in [6.45, 7) is 3.91. The molecule has 0 spiro atoms. The van der Waals surface area contributed by atoms with E-state index in [4.69, 9.17) is 9.84 Å². The van der Waals surface area contributed by atoms with E-state index in [1.807, 2.05) is 13.8 Å². The Balaban J connectivity index is 1.94. The van der Waals surface area contributed by atoms with Crippen LogP contribution in [0.3, 0.4) is 0 Å². The summed E-state index contributed by atoms with van der Waals surface area (Å²) in [7, 11) is 0. The second-order valence-electron chi connectivity index (χ2n) is 5.08. The van der Waals surface area contributed by atoms with Gasteiger partial charge in [-0.05, 0) is 18.2 Å². The van der Waals surface area contributed by atoms with Gasteiger partial charge in [-0.1, -0.05) is 31.3 Å². The van der Waals surface area contributed by atoms with Crippen LogP contribution in [0.4, 0.5) is 0 Å². The third kappa shape index (κ3) is 5.03. The van der Waals surface area contributed by atoms with Crippen molar-refractivity contribution in [2.24, 2.45) is 0 Å². The molecule has 23 heavy (non-hydrogen) atoms. The quantitative estimate of drug-likeness (QED) is 0.803. The lowest BCUT2D eigenvalue weighted by molar-refractivity contribution is -0.139. The molecule has 1 aromatic heterocycles. The van der Waals surface area contributed by atoms with Gasteiger partial charge in [-0.15, -0.1) is 10.2 Å². The van der Waals surface area contributed by atoms with Crippen molar-refractivity contribution in [1.29, 1.82) is 0 Å². The number of hydrogen-bond acceptors (Lipinski definition) is 6. The SMILES string of the molecule is CC(C)c1nnc(CNC(=O)c2cccc(OCC(=O)O)c2)s1. The minimum absolute atomic E-state index is 0.285. The van der Waals surface area contributed by atoms with Gasteiger partial charge in [-0.2, -0.15) is 0 Å². The first-order chi connectivity index (χ1) is 11.0. The first-order valence-electron chi connectivity index (χ1n) is 7.01. The van der Waals surface area contributed by atoms with E-state index >= 15 is 0 Å². The Morgan fingerprint density at radius 2 is 2.13 bits per heavy atom. The molecular formula is C15H17N3O4S. The van der Waals surface area contributed by atoms with Gasteiger partial charge in [0.15, 0.2) is 6.61 Å². The van der Waals surface area contributed by atoms with Crippen molar-refractivity contribution in [3.8, 4) is 5.75 Å². The number of hydrogen-bond donors (Lipinski definition) is 2. The Morgan fingerprint density at radius 1 is 1.35 bits per heavy atom. The van der Waals surface area contributed by atoms with E-state index in [9.17, 15) is 9.59 Å². The molecule has 0 radical (unpaired) electrons. The van der Waals surface area contributed by atoms with Gasteiger partial charge in [0.25, 0.3) is 5.91 Å². The summed E-state index contributed by atoms with van der Waals surface area (Å²) in [5.74, 6) is -0.720. The molecule has 0 aliphatic carbocycles. The molecule has 1 amide bonds. The van der Waals surface area contributed by atoms with Crippen molar-refractivity contribution in [3.63, 3.8) is 0 Å². The highest BCUT2D eigenvalue weighted by Gasteiger charge is 2.11. The smallest absolute Gasteiger partial charge is 0.341 e. The molecule has 0 fully saturated rings. The number of rotatable bonds is 7. The molecule has 0 aliphatic heterocycles. The van der Waals surface area contributed by atoms with E-state index in [1.165, 1.54) is 17.4 Å². The second kappa shape index (κ2) is 7.68.